The van der Waals surface area contributed by atoms with Crippen molar-refractivity contribution >= 4 is 11.9 Å². The Labute approximate surface area is 118 Å². The van der Waals surface area contributed by atoms with Gasteiger partial charge in [-0.1, -0.05) is 0 Å². The molecule has 110 valence electrons. The van der Waals surface area contributed by atoms with Crippen molar-refractivity contribution < 1.29 is 18.7 Å². The van der Waals surface area contributed by atoms with Crippen LogP contribution in [0.5, 0.6) is 0 Å². The van der Waals surface area contributed by atoms with E-state index in [4.69, 9.17) is 4.74 Å². The third-order valence-electron chi connectivity index (χ3n) is 2.53. The second-order valence-electron chi connectivity index (χ2n) is 5.42. The molecule has 0 radical (unpaired) electrons. The monoisotopic (exact) mass is 281 g/mol. The number of amides is 1. The summed E-state index contributed by atoms with van der Waals surface area (Å²) in [6.07, 6.45) is -0.532. The fourth-order valence-electron chi connectivity index (χ4n) is 1.53. The van der Waals surface area contributed by atoms with Crippen molar-refractivity contribution in [1.82, 2.24) is 4.90 Å². The van der Waals surface area contributed by atoms with Gasteiger partial charge in [-0.3, -0.25) is 4.79 Å². The SMILES string of the molecule is CCN(CC(=O)c1ccc(F)cc1)C(=O)OC(C)(C)C. The quantitative estimate of drug-likeness (QED) is 0.796. The predicted molar refractivity (Wildman–Crippen MR) is 74.2 cm³/mol. The van der Waals surface area contributed by atoms with Gasteiger partial charge < -0.3 is 9.64 Å². The third-order valence-corrected chi connectivity index (χ3v) is 2.53. The number of halogens is 1. The summed E-state index contributed by atoms with van der Waals surface area (Å²) < 4.78 is 18.0. The van der Waals surface area contributed by atoms with Gasteiger partial charge in [-0.05, 0) is 52.0 Å². The first kappa shape index (κ1) is 16.1. The molecule has 0 saturated carbocycles. The molecular weight excluding hydrogens is 261 g/mol. The lowest BCUT2D eigenvalue weighted by Crippen LogP contribution is -2.39. The molecule has 4 nitrogen and oxygen atoms in total. The number of nitrogens with zero attached hydrogens (tertiary/aromatic N) is 1. The van der Waals surface area contributed by atoms with E-state index in [1.807, 2.05) is 0 Å². The summed E-state index contributed by atoms with van der Waals surface area (Å²) >= 11 is 0. The standard InChI is InChI=1S/C15H20FNO3/c1-5-17(14(19)20-15(2,3)4)10-13(18)11-6-8-12(16)9-7-11/h6-9H,5,10H2,1-4H3. The van der Waals surface area contributed by atoms with Gasteiger partial charge in [-0.15, -0.1) is 0 Å². The van der Waals surface area contributed by atoms with Crippen LogP contribution >= 0.6 is 0 Å². The smallest absolute Gasteiger partial charge is 0.410 e. The number of rotatable bonds is 4. The zero-order valence-corrected chi connectivity index (χ0v) is 12.3. The molecule has 0 heterocycles. The summed E-state index contributed by atoms with van der Waals surface area (Å²) in [7, 11) is 0. The molecule has 1 aromatic rings. The van der Waals surface area contributed by atoms with Gasteiger partial charge in [-0.25, -0.2) is 9.18 Å². The van der Waals surface area contributed by atoms with E-state index in [-0.39, 0.29) is 12.3 Å². The highest BCUT2D eigenvalue weighted by Gasteiger charge is 2.23. The molecule has 0 aliphatic heterocycles. The van der Waals surface area contributed by atoms with Crippen molar-refractivity contribution in [2.45, 2.75) is 33.3 Å². The maximum absolute atomic E-state index is 12.8. The predicted octanol–water partition coefficient (Wildman–Crippen LogP) is 3.27. The highest BCUT2D eigenvalue weighted by Crippen LogP contribution is 2.11. The molecule has 0 fully saturated rings. The van der Waals surface area contributed by atoms with Crippen molar-refractivity contribution in [2.75, 3.05) is 13.1 Å². The van der Waals surface area contributed by atoms with Crippen molar-refractivity contribution in [1.29, 1.82) is 0 Å². The zero-order valence-electron chi connectivity index (χ0n) is 12.3. The minimum Gasteiger partial charge on any atom is -0.444 e. The summed E-state index contributed by atoms with van der Waals surface area (Å²) in [6.45, 7) is 7.34. The molecule has 0 saturated heterocycles. The molecule has 1 rings (SSSR count). The van der Waals surface area contributed by atoms with E-state index in [2.05, 4.69) is 0 Å². The van der Waals surface area contributed by atoms with E-state index in [1.54, 1.807) is 27.7 Å². The Balaban J connectivity index is 2.71. The number of carbonyl (C=O) groups is 2. The Hall–Kier alpha value is -1.91. The Kier molecular flexibility index (Phi) is 5.25. The first-order valence-electron chi connectivity index (χ1n) is 6.49. The molecule has 0 N–H and O–H groups in total. The second kappa shape index (κ2) is 6.50. The van der Waals surface area contributed by atoms with Gasteiger partial charge in [0.2, 0.25) is 0 Å². The normalized spacial score (nSPS) is 11.1. The zero-order chi connectivity index (χ0) is 15.3. The number of benzene rings is 1. The molecule has 20 heavy (non-hydrogen) atoms. The van der Waals surface area contributed by atoms with Gasteiger partial charge in [0.05, 0.1) is 6.54 Å². The molecule has 0 aliphatic carbocycles. The Bertz CT molecular complexity index is 477. The average Bonchev–Trinajstić information content (AvgIpc) is 2.34. The van der Waals surface area contributed by atoms with Crippen LogP contribution in [-0.2, 0) is 4.74 Å². The summed E-state index contributed by atoms with van der Waals surface area (Å²) in [5, 5.41) is 0. The number of ketones is 1. The first-order valence-corrected chi connectivity index (χ1v) is 6.49. The molecule has 1 aromatic carbocycles. The lowest BCUT2D eigenvalue weighted by Gasteiger charge is -2.26. The first-order chi connectivity index (χ1) is 9.23. The van der Waals surface area contributed by atoms with Gasteiger partial charge >= 0.3 is 6.09 Å². The van der Waals surface area contributed by atoms with Crippen LogP contribution in [0.3, 0.4) is 0 Å². The van der Waals surface area contributed by atoms with Crippen molar-refractivity contribution in [2.24, 2.45) is 0 Å². The molecule has 0 atom stereocenters. The number of hydrogen-bond acceptors (Lipinski definition) is 3. The van der Waals surface area contributed by atoms with E-state index in [9.17, 15) is 14.0 Å². The molecule has 0 bridgehead atoms. The van der Waals surface area contributed by atoms with E-state index in [0.29, 0.717) is 12.1 Å². The van der Waals surface area contributed by atoms with Crippen LogP contribution in [0.2, 0.25) is 0 Å². The molecule has 1 amide bonds. The van der Waals surface area contributed by atoms with Crippen LogP contribution < -0.4 is 0 Å². The molecule has 0 unspecified atom stereocenters. The molecule has 0 spiro atoms. The third kappa shape index (κ3) is 4.99. The molecule has 0 aromatic heterocycles. The van der Waals surface area contributed by atoms with Crippen LogP contribution in [0.4, 0.5) is 9.18 Å². The fraction of sp³-hybridized carbons (Fsp3) is 0.467. The van der Waals surface area contributed by atoms with Gasteiger partial charge in [0.25, 0.3) is 0 Å². The minimum atomic E-state index is -0.608. The van der Waals surface area contributed by atoms with E-state index < -0.39 is 17.5 Å². The average molecular weight is 281 g/mol. The van der Waals surface area contributed by atoms with Gasteiger partial charge in [0.1, 0.15) is 11.4 Å². The number of carbonyl (C=O) groups excluding carboxylic acids is 2. The van der Waals surface area contributed by atoms with E-state index in [1.165, 1.54) is 29.2 Å². The highest BCUT2D eigenvalue weighted by atomic mass is 19.1. The molecule has 0 aliphatic rings. The summed E-state index contributed by atoms with van der Waals surface area (Å²) in [5.74, 6) is -0.654. The van der Waals surface area contributed by atoms with Crippen molar-refractivity contribution in [3.8, 4) is 0 Å². The Morgan fingerprint density at radius 2 is 1.75 bits per heavy atom. The van der Waals surface area contributed by atoms with Crippen LogP contribution in [0.25, 0.3) is 0 Å². The van der Waals surface area contributed by atoms with Crippen LogP contribution in [0, 0.1) is 5.82 Å². The minimum absolute atomic E-state index is 0.0863. The Morgan fingerprint density at radius 3 is 2.20 bits per heavy atom. The number of Topliss-reactive ketones (excluding diaryl/α,β-unsaturated/α-hetero) is 1. The maximum Gasteiger partial charge on any atom is 0.410 e. The summed E-state index contributed by atoms with van der Waals surface area (Å²) in [6, 6.07) is 5.25. The van der Waals surface area contributed by atoms with Crippen LogP contribution in [-0.4, -0.2) is 35.5 Å². The second-order valence-corrected chi connectivity index (χ2v) is 5.42. The van der Waals surface area contributed by atoms with Gasteiger partial charge in [-0.2, -0.15) is 0 Å². The van der Waals surface area contributed by atoms with Gasteiger partial charge in [0.15, 0.2) is 5.78 Å². The highest BCUT2D eigenvalue weighted by molar-refractivity contribution is 5.98. The van der Waals surface area contributed by atoms with Gasteiger partial charge in [0, 0.05) is 12.1 Å². The van der Waals surface area contributed by atoms with E-state index in [0.717, 1.165) is 0 Å². The van der Waals surface area contributed by atoms with E-state index >= 15 is 0 Å². The molecular formula is C15H20FNO3. The summed E-state index contributed by atoms with van der Waals surface area (Å²) in [4.78, 5) is 25.2. The summed E-state index contributed by atoms with van der Waals surface area (Å²) in [5.41, 5.74) is -0.239. The van der Waals surface area contributed by atoms with Crippen molar-refractivity contribution in [3.63, 3.8) is 0 Å². The topological polar surface area (TPSA) is 46.6 Å². The van der Waals surface area contributed by atoms with Crippen molar-refractivity contribution in [3.05, 3.63) is 35.6 Å². The maximum atomic E-state index is 12.8. The number of ether oxygens (including phenoxy) is 1. The largest absolute Gasteiger partial charge is 0.444 e. The Morgan fingerprint density at radius 1 is 1.20 bits per heavy atom. The lowest BCUT2D eigenvalue weighted by atomic mass is 10.1. The number of likely N-dealkylation sites (N-methyl/N-ethyl adjacent to an activating group) is 1. The lowest BCUT2D eigenvalue weighted by molar-refractivity contribution is 0.0257. The molecule has 5 heteroatoms. The number of hydrogen-bond donors (Lipinski definition) is 0. The van der Waals surface area contributed by atoms with Crippen LogP contribution in [0.15, 0.2) is 24.3 Å². The fourth-order valence-corrected chi connectivity index (χ4v) is 1.53. The van der Waals surface area contributed by atoms with Crippen LogP contribution in [0.1, 0.15) is 38.1 Å².